The number of hydrogen-bond donors (Lipinski definition) is 1. The van der Waals surface area contributed by atoms with Crippen molar-refractivity contribution in [1.29, 1.82) is 0 Å². The molecule has 1 aliphatic heterocycles. The average Bonchev–Trinajstić information content (AvgIpc) is 3.19. The van der Waals surface area contributed by atoms with Crippen LogP contribution < -0.4 is 9.62 Å². The molecule has 0 bridgehead atoms. The number of benzene rings is 4. The number of anilines is 1. The number of rotatable bonds is 10. The molecule has 0 saturated heterocycles. The average molecular weight is 560 g/mol. The third kappa shape index (κ3) is 5.29. The van der Waals surface area contributed by atoms with Crippen LogP contribution in [0.25, 0.3) is 10.8 Å². The van der Waals surface area contributed by atoms with E-state index in [0.29, 0.717) is 16.6 Å². The van der Waals surface area contributed by atoms with Crippen molar-refractivity contribution in [3.05, 3.63) is 108 Å². The highest BCUT2D eigenvalue weighted by atomic mass is 32.2. The van der Waals surface area contributed by atoms with Crippen LogP contribution in [-0.4, -0.2) is 44.8 Å². The largest absolute Gasteiger partial charge is 0.357 e. The fourth-order valence-electron chi connectivity index (χ4n) is 5.25. The Kier molecular flexibility index (Phi) is 7.84. The van der Waals surface area contributed by atoms with Gasteiger partial charge in [0.2, 0.25) is 11.8 Å². The van der Waals surface area contributed by atoms with Gasteiger partial charge in [-0.25, -0.2) is 12.8 Å². The molecule has 0 aromatic heterocycles. The molecule has 1 atom stereocenters. The zero-order chi connectivity index (χ0) is 28.3. The summed E-state index contributed by atoms with van der Waals surface area (Å²) in [5.41, 5.74) is 1.74. The van der Waals surface area contributed by atoms with E-state index < -0.39 is 21.9 Å². The van der Waals surface area contributed by atoms with Crippen LogP contribution in [0.4, 0.5) is 10.1 Å². The third-order valence-corrected chi connectivity index (χ3v) is 9.10. The second-order valence-electron chi connectivity index (χ2n) is 9.74. The highest BCUT2D eigenvalue weighted by Crippen LogP contribution is 2.42. The highest BCUT2D eigenvalue weighted by molar-refractivity contribution is 7.93. The summed E-state index contributed by atoms with van der Waals surface area (Å²) in [7, 11) is -2.25. The Bertz CT molecular complexity index is 1650. The molecule has 1 N–H and O–H groups in total. The van der Waals surface area contributed by atoms with Gasteiger partial charge in [0.25, 0.3) is 10.0 Å². The molecule has 0 aliphatic carbocycles. The van der Waals surface area contributed by atoms with Crippen LogP contribution in [0.2, 0.25) is 0 Å². The summed E-state index contributed by atoms with van der Waals surface area (Å²) < 4.78 is 42.7. The molecule has 0 unspecified atom stereocenters. The summed E-state index contributed by atoms with van der Waals surface area (Å²) >= 11 is 0. The zero-order valence-corrected chi connectivity index (χ0v) is 22.9. The Morgan fingerprint density at radius 3 is 2.35 bits per heavy atom. The van der Waals surface area contributed by atoms with Crippen LogP contribution in [0.1, 0.15) is 24.0 Å². The normalized spacial score (nSPS) is 14.2. The number of halogens is 1. The second-order valence-corrected chi connectivity index (χ2v) is 11.6. The van der Waals surface area contributed by atoms with Crippen molar-refractivity contribution >= 4 is 38.3 Å². The van der Waals surface area contributed by atoms with Gasteiger partial charge in [0.05, 0.1) is 10.6 Å². The molecule has 4 aromatic carbocycles. The number of amides is 2. The Labute approximate surface area is 233 Å². The molecule has 40 heavy (non-hydrogen) atoms. The van der Waals surface area contributed by atoms with Crippen molar-refractivity contribution in [2.24, 2.45) is 0 Å². The highest BCUT2D eigenvalue weighted by Gasteiger charge is 2.36. The summed E-state index contributed by atoms with van der Waals surface area (Å²) in [4.78, 5) is 28.4. The van der Waals surface area contributed by atoms with Crippen molar-refractivity contribution in [2.45, 2.75) is 36.7 Å². The van der Waals surface area contributed by atoms with Crippen molar-refractivity contribution in [1.82, 2.24) is 10.2 Å². The number of sulfonamides is 1. The zero-order valence-electron chi connectivity index (χ0n) is 22.1. The standard InChI is InChI=1S/C31H30FN3O4S/c1-33-31(37)27(20-22-10-3-2-4-11-22)34(21-24-12-5-6-15-25(24)32)29(36)18-9-19-35-26-16-7-13-23-14-8-17-28(30(23)26)40(35,38)39/h2-8,10-17,27H,9,18-21H2,1H3,(H,33,37)/t27-/m1/s1. The molecular weight excluding hydrogens is 529 g/mol. The molecule has 0 spiro atoms. The minimum absolute atomic E-state index is 0.0188. The molecule has 5 rings (SSSR count). The lowest BCUT2D eigenvalue weighted by Crippen LogP contribution is -2.50. The SMILES string of the molecule is CNC(=O)[C@@H](Cc1ccccc1)N(Cc1ccccc1F)C(=O)CCCN1c2cccc3cccc(c23)S1(=O)=O. The van der Waals surface area contributed by atoms with Crippen LogP contribution >= 0.6 is 0 Å². The first kappa shape index (κ1) is 27.3. The van der Waals surface area contributed by atoms with E-state index >= 15 is 0 Å². The van der Waals surface area contributed by atoms with Crippen LogP contribution in [0.3, 0.4) is 0 Å². The summed E-state index contributed by atoms with van der Waals surface area (Å²) in [5.74, 6) is -1.19. The Hall–Kier alpha value is -4.24. The van der Waals surface area contributed by atoms with Crippen molar-refractivity contribution < 1.29 is 22.4 Å². The minimum Gasteiger partial charge on any atom is -0.357 e. The van der Waals surface area contributed by atoms with Crippen LogP contribution in [0.5, 0.6) is 0 Å². The van der Waals surface area contributed by atoms with E-state index in [1.807, 2.05) is 48.5 Å². The second kappa shape index (κ2) is 11.5. The molecule has 0 fully saturated rings. The maximum atomic E-state index is 14.7. The van der Waals surface area contributed by atoms with E-state index in [-0.39, 0.29) is 49.1 Å². The van der Waals surface area contributed by atoms with E-state index in [1.165, 1.54) is 22.3 Å². The Morgan fingerprint density at radius 2 is 1.62 bits per heavy atom. The van der Waals surface area contributed by atoms with Gasteiger partial charge in [-0.3, -0.25) is 13.9 Å². The Balaban J connectivity index is 1.38. The van der Waals surface area contributed by atoms with Crippen LogP contribution in [0, 0.1) is 5.82 Å². The van der Waals surface area contributed by atoms with Crippen LogP contribution in [0.15, 0.2) is 95.9 Å². The first-order valence-corrected chi connectivity index (χ1v) is 14.6. The van der Waals surface area contributed by atoms with Gasteiger partial charge in [0, 0.05) is 43.9 Å². The number of nitrogens with zero attached hydrogens (tertiary/aromatic N) is 2. The minimum atomic E-state index is -3.75. The topological polar surface area (TPSA) is 86.8 Å². The molecule has 9 heteroatoms. The molecule has 4 aromatic rings. The number of carbonyl (C=O) groups excluding carboxylic acids is 2. The first-order chi connectivity index (χ1) is 19.3. The van der Waals surface area contributed by atoms with Crippen molar-refractivity contribution in [3.63, 3.8) is 0 Å². The molecule has 2 amide bonds. The quantitative estimate of drug-likeness (QED) is 0.306. The smallest absolute Gasteiger partial charge is 0.265 e. The lowest BCUT2D eigenvalue weighted by atomic mass is 10.0. The molecule has 1 aliphatic rings. The van der Waals surface area contributed by atoms with Gasteiger partial charge < -0.3 is 10.2 Å². The fraction of sp³-hybridized carbons (Fsp3) is 0.226. The van der Waals surface area contributed by atoms with E-state index in [4.69, 9.17) is 0 Å². The number of likely N-dealkylation sites (N-methyl/N-ethyl adjacent to an activating group) is 1. The van der Waals surface area contributed by atoms with Gasteiger partial charge >= 0.3 is 0 Å². The molecule has 0 saturated carbocycles. The Morgan fingerprint density at radius 1 is 0.925 bits per heavy atom. The maximum absolute atomic E-state index is 14.7. The first-order valence-electron chi connectivity index (χ1n) is 13.1. The summed E-state index contributed by atoms with van der Waals surface area (Å²) in [5, 5.41) is 4.16. The number of hydrogen-bond acceptors (Lipinski definition) is 4. The molecular formula is C31H30FN3O4S. The monoisotopic (exact) mass is 559 g/mol. The molecule has 1 heterocycles. The van der Waals surface area contributed by atoms with Gasteiger partial charge in [-0.1, -0.05) is 72.8 Å². The van der Waals surface area contributed by atoms with E-state index in [9.17, 15) is 22.4 Å². The predicted molar refractivity (Wildman–Crippen MR) is 153 cm³/mol. The third-order valence-electron chi connectivity index (χ3n) is 7.25. The maximum Gasteiger partial charge on any atom is 0.265 e. The van der Waals surface area contributed by atoms with E-state index in [0.717, 1.165) is 10.9 Å². The molecule has 0 radical (unpaired) electrons. The van der Waals surface area contributed by atoms with E-state index in [2.05, 4.69) is 5.32 Å². The number of nitrogens with one attached hydrogen (secondary N) is 1. The summed E-state index contributed by atoms with van der Waals surface area (Å²) in [6.07, 6.45) is 0.454. The van der Waals surface area contributed by atoms with Crippen molar-refractivity contribution in [3.8, 4) is 0 Å². The van der Waals surface area contributed by atoms with Gasteiger partial charge in [-0.05, 0) is 35.6 Å². The molecule has 206 valence electrons. The summed E-state index contributed by atoms with van der Waals surface area (Å²) in [6.45, 7) is 0.00190. The fourth-order valence-corrected chi connectivity index (χ4v) is 7.00. The van der Waals surface area contributed by atoms with Gasteiger partial charge in [-0.15, -0.1) is 0 Å². The van der Waals surface area contributed by atoms with Gasteiger partial charge in [-0.2, -0.15) is 0 Å². The lowest BCUT2D eigenvalue weighted by molar-refractivity contribution is -0.141. The van der Waals surface area contributed by atoms with Gasteiger partial charge in [0.1, 0.15) is 11.9 Å². The number of carbonyl (C=O) groups is 2. The van der Waals surface area contributed by atoms with Crippen LogP contribution in [-0.2, 0) is 32.6 Å². The predicted octanol–water partition coefficient (Wildman–Crippen LogP) is 4.65. The van der Waals surface area contributed by atoms with Crippen molar-refractivity contribution in [2.75, 3.05) is 17.9 Å². The lowest BCUT2D eigenvalue weighted by Gasteiger charge is -2.31. The van der Waals surface area contributed by atoms with Gasteiger partial charge in [0.15, 0.2) is 0 Å². The molecule has 7 nitrogen and oxygen atoms in total. The van der Waals surface area contributed by atoms with E-state index in [1.54, 1.807) is 36.4 Å². The summed E-state index contributed by atoms with van der Waals surface area (Å²) in [6, 6.07) is 25.3.